The molecule has 0 aliphatic rings. The monoisotopic (exact) mass is 337 g/mol. The Morgan fingerprint density at radius 1 is 1.25 bits per heavy atom. The van der Waals surface area contributed by atoms with Gasteiger partial charge in [0.05, 0.1) is 7.11 Å². The van der Waals surface area contributed by atoms with Gasteiger partial charge in [0.15, 0.2) is 11.6 Å². The van der Waals surface area contributed by atoms with Crippen LogP contribution in [-0.4, -0.2) is 13.0 Å². The van der Waals surface area contributed by atoms with Crippen molar-refractivity contribution in [2.45, 2.75) is 6.92 Å². The number of benzene rings is 2. The summed E-state index contributed by atoms with van der Waals surface area (Å²) in [6.07, 6.45) is 0. The Hall–Kier alpha value is -1.88. The predicted octanol–water partition coefficient (Wildman–Crippen LogP) is 4.16. The average molecular weight is 338 g/mol. The molecule has 0 aromatic heterocycles. The molecule has 3 nitrogen and oxygen atoms in total. The summed E-state index contributed by atoms with van der Waals surface area (Å²) >= 11 is 3.37. The number of anilines is 1. The topological polar surface area (TPSA) is 38.3 Å². The van der Waals surface area contributed by atoms with Gasteiger partial charge in [-0.1, -0.05) is 15.9 Å². The van der Waals surface area contributed by atoms with Gasteiger partial charge in [-0.25, -0.2) is 4.39 Å². The zero-order valence-electron chi connectivity index (χ0n) is 11.0. The number of carbonyl (C=O) groups excluding carboxylic acids is 1. The van der Waals surface area contributed by atoms with E-state index >= 15 is 0 Å². The van der Waals surface area contributed by atoms with Crippen molar-refractivity contribution in [3.05, 3.63) is 57.8 Å². The Bertz CT molecular complexity index is 638. The summed E-state index contributed by atoms with van der Waals surface area (Å²) in [7, 11) is 1.36. The molecule has 5 heteroatoms. The molecule has 1 amide bonds. The first-order chi connectivity index (χ1) is 9.49. The highest BCUT2D eigenvalue weighted by Gasteiger charge is 2.10. The molecule has 0 unspecified atom stereocenters. The van der Waals surface area contributed by atoms with Gasteiger partial charge in [0.25, 0.3) is 5.91 Å². The van der Waals surface area contributed by atoms with Crippen LogP contribution in [0.25, 0.3) is 0 Å². The number of methoxy groups -OCH3 is 1. The molecule has 2 aromatic carbocycles. The number of hydrogen-bond acceptors (Lipinski definition) is 2. The van der Waals surface area contributed by atoms with Crippen molar-refractivity contribution in [1.82, 2.24) is 0 Å². The van der Waals surface area contributed by atoms with Crippen LogP contribution in [0.3, 0.4) is 0 Å². The standard InChI is InChI=1S/C15H13BrFNO2/c1-9-5-11(16)8-12(6-9)18-15(19)10-3-4-13(17)14(7-10)20-2/h3-8H,1-2H3,(H,18,19). The number of nitrogens with one attached hydrogen (secondary N) is 1. The normalized spacial score (nSPS) is 10.2. The van der Waals surface area contributed by atoms with E-state index in [0.29, 0.717) is 11.3 Å². The maximum atomic E-state index is 13.3. The SMILES string of the molecule is COc1cc(C(=O)Nc2cc(C)cc(Br)c2)ccc1F. The molecule has 0 radical (unpaired) electrons. The molecular weight excluding hydrogens is 325 g/mol. The largest absolute Gasteiger partial charge is 0.494 e. The van der Waals surface area contributed by atoms with Crippen molar-refractivity contribution in [2.24, 2.45) is 0 Å². The summed E-state index contributed by atoms with van der Waals surface area (Å²) in [6.45, 7) is 1.93. The van der Waals surface area contributed by atoms with Gasteiger partial charge in [0, 0.05) is 15.7 Å². The van der Waals surface area contributed by atoms with Crippen LogP contribution >= 0.6 is 15.9 Å². The molecule has 0 bridgehead atoms. The van der Waals surface area contributed by atoms with Crippen molar-refractivity contribution in [3.8, 4) is 5.75 Å². The number of halogens is 2. The smallest absolute Gasteiger partial charge is 0.255 e. The lowest BCUT2D eigenvalue weighted by Gasteiger charge is -2.08. The number of ether oxygens (including phenoxy) is 1. The van der Waals surface area contributed by atoms with Crippen LogP contribution in [0.15, 0.2) is 40.9 Å². The molecule has 2 rings (SSSR count). The molecule has 20 heavy (non-hydrogen) atoms. The highest BCUT2D eigenvalue weighted by Crippen LogP contribution is 2.22. The lowest BCUT2D eigenvalue weighted by molar-refractivity contribution is 0.102. The molecule has 0 aliphatic heterocycles. The van der Waals surface area contributed by atoms with E-state index in [1.54, 1.807) is 6.07 Å². The maximum absolute atomic E-state index is 13.3. The van der Waals surface area contributed by atoms with Crippen LogP contribution in [0, 0.1) is 12.7 Å². The molecule has 0 aliphatic carbocycles. The van der Waals surface area contributed by atoms with Gasteiger partial charge in [-0.15, -0.1) is 0 Å². The summed E-state index contributed by atoms with van der Waals surface area (Å²) in [5.41, 5.74) is 2.03. The third kappa shape index (κ3) is 3.36. The summed E-state index contributed by atoms with van der Waals surface area (Å²) in [6, 6.07) is 9.58. The molecular formula is C15H13BrFNO2. The van der Waals surface area contributed by atoms with Crippen molar-refractivity contribution in [2.75, 3.05) is 12.4 Å². The van der Waals surface area contributed by atoms with E-state index in [4.69, 9.17) is 4.74 Å². The molecule has 0 heterocycles. The van der Waals surface area contributed by atoms with E-state index in [0.717, 1.165) is 10.0 Å². The van der Waals surface area contributed by atoms with E-state index in [9.17, 15) is 9.18 Å². The van der Waals surface area contributed by atoms with Crippen LogP contribution in [0.2, 0.25) is 0 Å². The second-order valence-corrected chi connectivity index (χ2v) is 5.24. The van der Waals surface area contributed by atoms with E-state index < -0.39 is 5.82 Å². The molecule has 0 saturated carbocycles. The average Bonchev–Trinajstić information content (AvgIpc) is 2.37. The van der Waals surface area contributed by atoms with Crippen LogP contribution in [-0.2, 0) is 0 Å². The molecule has 0 fully saturated rings. The Morgan fingerprint density at radius 2 is 2.00 bits per heavy atom. The van der Waals surface area contributed by atoms with Gasteiger partial charge in [-0.3, -0.25) is 4.79 Å². The highest BCUT2D eigenvalue weighted by molar-refractivity contribution is 9.10. The van der Waals surface area contributed by atoms with Crippen LogP contribution < -0.4 is 10.1 Å². The van der Waals surface area contributed by atoms with E-state index in [1.165, 1.54) is 25.3 Å². The summed E-state index contributed by atoms with van der Waals surface area (Å²) in [5, 5.41) is 2.76. The van der Waals surface area contributed by atoms with Crippen LogP contribution in [0.5, 0.6) is 5.75 Å². The van der Waals surface area contributed by atoms with Gasteiger partial charge in [0.1, 0.15) is 0 Å². The Labute approximate surface area is 124 Å². The summed E-state index contributed by atoms with van der Waals surface area (Å²) < 4.78 is 19.0. The zero-order valence-corrected chi connectivity index (χ0v) is 12.6. The number of aryl methyl sites for hydroxylation is 1. The number of carbonyl (C=O) groups is 1. The maximum Gasteiger partial charge on any atom is 0.255 e. The molecule has 1 N–H and O–H groups in total. The van der Waals surface area contributed by atoms with Crippen molar-refractivity contribution >= 4 is 27.5 Å². The molecule has 2 aromatic rings. The number of hydrogen-bond donors (Lipinski definition) is 1. The Morgan fingerprint density at radius 3 is 2.65 bits per heavy atom. The highest BCUT2D eigenvalue weighted by atomic mass is 79.9. The van der Waals surface area contributed by atoms with Gasteiger partial charge in [-0.2, -0.15) is 0 Å². The minimum atomic E-state index is -0.498. The van der Waals surface area contributed by atoms with Gasteiger partial charge < -0.3 is 10.1 Å². The van der Waals surface area contributed by atoms with Crippen LogP contribution in [0.1, 0.15) is 15.9 Å². The minimum Gasteiger partial charge on any atom is -0.494 e. The quantitative estimate of drug-likeness (QED) is 0.913. The second-order valence-electron chi connectivity index (χ2n) is 4.32. The van der Waals surface area contributed by atoms with E-state index in [1.807, 2.05) is 19.1 Å². The van der Waals surface area contributed by atoms with Gasteiger partial charge >= 0.3 is 0 Å². The predicted molar refractivity (Wildman–Crippen MR) is 79.8 cm³/mol. The van der Waals surface area contributed by atoms with Gasteiger partial charge in [0.2, 0.25) is 0 Å². The molecule has 0 atom stereocenters. The third-order valence-corrected chi connectivity index (χ3v) is 3.17. The Kier molecular flexibility index (Phi) is 4.39. The fourth-order valence-corrected chi connectivity index (χ4v) is 2.42. The fraction of sp³-hybridized carbons (Fsp3) is 0.133. The minimum absolute atomic E-state index is 0.0445. The van der Waals surface area contributed by atoms with Crippen molar-refractivity contribution in [1.29, 1.82) is 0 Å². The van der Waals surface area contributed by atoms with Crippen molar-refractivity contribution < 1.29 is 13.9 Å². The van der Waals surface area contributed by atoms with Crippen LogP contribution in [0.4, 0.5) is 10.1 Å². The molecule has 0 spiro atoms. The van der Waals surface area contributed by atoms with E-state index in [-0.39, 0.29) is 11.7 Å². The first-order valence-electron chi connectivity index (χ1n) is 5.91. The first kappa shape index (κ1) is 14.5. The second kappa shape index (κ2) is 6.05. The van der Waals surface area contributed by atoms with Gasteiger partial charge in [-0.05, 0) is 48.9 Å². The van der Waals surface area contributed by atoms with E-state index in [2.05, 4.69) is 21.2 Å². The third-order valence-electron chi connectivity index (χ3n) is 2.71. The lowest BCUT2D eigenvalue weighted by atomic mass is 10.1. The fourth-order valence-electron chi connectivity index (χ4n) is 1.81. The first-order valence-corrected chi connectivity index (χ1v) is 6.71. The molecule has 0 saturated heterocycles. The van der Waals surface area contributed by atoms with Crippen molar-refractivity contribution in [3.63, 3.8) is 0 Å². The molecule has 104 valence electrons. The summed E-state index contributed by atoms with van der Waals surface area (Å²) in [4.78, 5) is 12.1. The zero-order chi connectivity index (χ0) is 14.7. The number of amides is 1. The number of rotatable bonds is 3. The summed E-state index contributed by atoms with van der Waals surface area (Å²) in [5.74, 6) is -0.772. The Balaban J connectivity index is 2.23. The lowest BCUT2D eigenvalue weighted by Crippen LogP contribution is -2.12.